The first-order valence-electron chi connectivity index (χ1n) is 6.97. The van der Waals surface area contributed by atoms with Gasteiger partial charge < -0.3 is 10.6 Å². The van der Waals surface area contributed by atoms with E-state index < -0.39 is 0 Å². The van der Waals surface area contributed by atoms with Gasteiger partial charge in [0.15, 0.2) is 0 Å². The SMILES string of the molecule is O=C1CCC(CNc2cccc3c2CCCC3)N1. The van der Waals surface area contributed by atoms with Crippen LogP contribution in [0.1, 0.15) is 36.8 Å². The molecule has 18 heavy (non-hydrogen) atoms. The van der Waals surface area contributed by atoms with Gasteiger partial charge in [-0.05, 0) is 49.3 Å². The molecule has 0 saturated carbocycles. The number of amides is 1. The zero-order valence-electron chi connectivity index (χ0n) is 10.7. The molecule has 1 aromatic carbocycles. The Balaban J connectivity index is 1.67. The second kappa shape index (κ2) is 5.01. The Bertz CT molecular complexity index is 456. The van der Waals surface area contributed by atoms with Crippen molar-refractivity contribution in [2.45, 2.75) is 44.6 Å². The number of nitrogens with one attached hydrogen (secondary N) is 2. The minimum atomic E-state index is 0.192. The molecule has 3 heteroatoms. The molecule has 0 spiro atoms. The monoisotopic (exact) mass is 244 g/mol. The molecule has 1 aliphatic carbocycles. The fourth-order valence-electron chi connectivity index (χ4n) is 3.01. The van der Waals surface area contributed by atoms with Gasteiger partial charge in [0.05, 0.1) is 0 Å². The van der Waals surface area contributed by atoms with Crippen LogP contribution in [0.5, 0.6) is 0 Å². The number of anilines is 1. The molecule has 1 saturated heterocycles. The van der Waals surface area contributed by atoms with Gasteiger partial charge in [-0.1, -0.05) is 12.1 Å². The summed E-state index contributed by atoms with van der Waals surface area (Å²) in [4.78, 5) is 11.2. The summed E-state index contributed by atoms with van der Waals surface area (Å²) in [5.74, 6) is 0.192. The molecule has 3 nitrogen and oxygen atoms in total. The number of rotatable bonds is 3. The van der Waals surface area contributed by atoms with E-state index in [0.29, 0.717) is 12.5 Å². The second-order valence-electron chi connectivity index (χ2n) is 5.33. The van der Waals surface area contributed by atoms with Crippen LogP contribution in [0.3, 0.4) is 0 Å². The van der Waals surface area contributed by atoms with E-state index in [4.69, 9.17) is 0 Å². The van der Waals surface area contributed by atoms with Crippen LogP contribution in [0.2, 0.25) is 0 Å². The average molecular weight is 244 g/mol. The van der Waals surface area contributed by atoms with E-state index in [-0.39, 0.29) is 5.91 Å². The quantitative estimate of drug-likeness (QED) is 0.856. The van der Waals surface area contributed by atoms with Crippen molar-refractivity contribution in [1.29, 1.82) is 0 Å². The van der Waals surface area contributed by atoms with E-state index in [0.717, 1.165) is 13.0 Å². The maximum Gasteiger partial charge on any atom is 0.220 e. The summed E-state index contributed by atoms with van der Waals surface area (Å²) in [6, 6.07) is 6.86. The summed E-state index contributed by atoms with van der Waals surface area (Å²) < 4.78 is 0. The summed E-state index contributed by atoms with van der Waals surface area (Å²) in [5, 5.41) is 6.52. The van der Waals surface area contributed by atoms with E-state index in [9.17, 15) is 4.79 Å². The smallest absolute Gasteiger partial charge is 0.220 e. The molecule has 0 radical (unpaired) electrons. The Kier molecular flexibility index (Phi) is 3.22. The molecular formula is C15H20N2O. The highest BCUT2D eigenvalue weighted by Gasteiger charge is 2.21. The predicted molar refractivity (Wildman–Crippen MR) is 72.7 cm³/mol. The van der Waals surface area contributed by atoms with Crippen LogP contribution in [0.15, 0.2) is 18.2 Å². The molecule has 1 aromatic rings. The zero-order chi connectivity index (χ0) is 12.4. The van der Waals surface area contributed by atoms with E-state index in [1.54, 1.807) is 0 Å². The summed E-state index contributed by atoms with van der Waals surface area (Å²) >= 11 is 0. The third kappa shape index (κ3) is 2.35. The molecule has 0 bridgehead atoms. The van der Waals surface area contributed by atoms with Gasteiger partial charge in [-0.15, -0.1) is 0 Å². The van der Waals surface area contributed by atoms with Crippen molar-refractivity contribution in [2.75, 3.05) is 11.9 Å². The van der Waals surface area contributed by atoms with Crippen LogP contribution in [0.4, 0.5) is 5.69 Å². The van der Waals surface area contributed by atoms with Crippen molar-refractivity contribution >= 4 is 11.6 Å². The summed E-state index contributed by atoms with van der Waals surface area (Å²) in [7, 11) is 0. The Morgan fingerprint density at radius 2 is 2.11 bits per heavy atom. The first-order chi connectivity index (χ1) is 8.83. The van der Waals surface area contributed by atoms with E-state index in [1.807, 2.05) is 0 Å². The van der Waals surface area contributed by atoms with Gasteiger partial charge in [-0.25, -0.2) is 0 Å². The third-order valence-corrected chi connectivity index (χ3v) is 4.02. The highest BCUT2D eigenvalue weighted by Crippen LogP contribution is 2.27. The van der Waals surface area contributed by atoms with E-state index >= 15 is 0 Å². The van der Waals surface area contributed by atoms with Gasteiger partial charge in [0, 0.05) is 24.7 Å². The third-order valence-electron chi connectivity index (χ3n) is 4.02. The number of aryl methyl sites for hydroxylation is 1. The standard InChI is InChI=1S/C15H20N2O/c18-15-9-8-12(17-15)10-16-14-7-3-5-11-4-1-2-6-13(11)14/h3,5,7,12,16H,1-2,4,6,8-10H2,(H,17,18). The normalized spacial score (nSPS) is 22.4. The van der Waals surface area contributed by atoms with Gasteiger partial charge in [0.1, 0.15) is 0 Å². The summed E-state index contributed by atoms with van der Waals surface area (Å²) in [5.41, 5.74) is 4.27. The number of hydrogen-bond acceptors (Lipinski definition) is 2. The van der Waals surface area contributed by atoms with Crippen molar-refractivity contribution in [1.82, 2.24) is 5.32 Å². The minimum absolute atomic E-state index is 0.192. The Hall–Kier alpha value is -1.51. The van der Waals surface area contributed by atoms with Crippen LogP contribution >= 0.6 is 0 Å². The maximum absolute atomic E-state index is 11.2. The Labute approximate surface area is 108 Å². The Morgan fingerprint density at radius 1 is 1.22 bits per heavy atom. The number of fused-ring (bicyclic) bond motifs is 1. The average Bonchev–Trinajstić information content (AvgIpc) is 2.82. The summed E-state index contributed by atoms with van der Waals surface area (Å²) in [6.07, 6.45) is 6.65. The van der Waals surface area contributed by atoms with Crippen molar-refractivity contribution in [3.05, 3.63) is 29.3 Å². The van der Waals surface area contributed by atoms with Crippen molar-refractivity contribution in [2.24, 2.45) is 0 Å². The molecule has 2 aliphatic rings. The first kappa shape index (κ1) is 11.6. The largest absolute Gasteiger partial charge is 0.383 e. The number of hydrogen-bond donors (Lipinski definition) is 2. The number of carbonyl (C=O) groups excluding carboxylic acids is 1. The molecule has 1 amide bonds. The van der Waals surface area contributed by atoms with Crippen LogP contribution in [-0.2, 0) is 17.6 Å². The van der Waals surface area contributed by atoms with Gasteiger partial charge in [-0.3, -0.25) is 4.79 Å². The Morgan fingerprint density at radius 3 is 2.94 bits per heavy atom. The molecule has 1 fully saturated rings. The van der Waals surface area contributed by atoms with Gasteiger partial charge >= 0.3 is 0 Å². The molecule has 1 atom stereocenters. The van der Waals surface area contributed by atoms with Crippen LogP contribution in [-0.4, -0.2) is 18.5 Å². The maximum atomic E-state index is 11.2. The highest BCUT2D eigenvalue weighted by atomic mass is 16.1. The van der Waals surface area contributed by atoms with Gasteiger partial charge in [0.2, 0.25) is 5.91 Å². The lowest BCUT2D eigenvalue weighted by Gasteiger charge is -2.21. The molecule has 1 aliphatic heterocycles. The fraction of sp³-hybridized carbons (Fsp3) is 0.533. The molecule has 3 rings (SSSR count). The van der Waals surface area contributed by atoms with Crippen LogP contribution in [0.25, 0.3) is 0 Å². The topological polar surface area (TPSA) is 41.1 Å². The van der Waals surface area contributed by atoms with Crippen molar-refractivity contribution in [3.63, 3.8) is 0 Å². The molecular weight excluding hydrogens is 224 g/mol. The summed E-state index contributed by atoms with van der Waals surface area (Å²) in [6.45, 7) is 0.849. The number of benzene rings is 1. The van der Waals surface area contributed by atoms with Crippen LogP contribution in [0, 0.1) is 0 Å². The van der Waals surface area contributed by atoms with Crippen molar-refractivity contribution in [3.8, 4) is 0 Å². The van der Waals surface area contributed by atoms with Crippen LogP contribution < -0.4 is 10.6 Å². The van der Waals surface area contributed by atoms with Crippen molar-refractivity contribution < 1.29 is 4.79 Å². The zero-order valence-corrected chi connectivity index (χ0v) is 10.7. The lowest BCUT2D eigenvalue weighted by atomic mass is 9.90. The van der Waals surface area contributed by atoms with Gasteiger partial charge in [-0.2, -0.15) is 0 Å². The lowest BCUT2D eigenvalue weighted by Crippen LogP contribution is -2.32. The molecule has 1 heterocycles. The predicted octanol–water partition coefficient (Wildman–Crippen LogP) is 2.26. The molecule has 2 N–H and O–H groups in total. The van der Waals surface area contributed by atoms with E-state index in [2.05, 4.69) is 28.8 Å². The first-order valence-corrected chi connectivity index (χ1v) is 6.97. The number of carbonyl (C=O) groups is 1. The lowest BCUT2D eigenvalue weighted by molar-refractivity contribution is -0.119. The second-order valence-corrected chi connectivity index (χ2v) is 5.33. The highest BCUT2D eigenvalue weighted by molar-refractivity contribution is 5.78. The van der Waals surface area contributed by atoms with E-state index in [1.165, 1.54) is 42.5 Å². The molecule has 96 valence electrons. The fourth-order valence-corrected chi connectivity index (χ4v) is 3.01. The minimum Gasteiger partial charge on any atom is -0.383 e. The van der Waals surface area contributed by atoms with Gasteiger partial charge in [0.25, 0.3) is 0 Å². The molecule has 1 unspecified atom stereocenters. The molecule has 0 aromatic heterocycles.